The van der Waals surface area contributed by atoms with E-state index < -0.39 is 11.2 Å². The van der Waals surface area contributed by atoms with E-state index in [-0.39, 0.29) is 11.5 Å². The van der Waals surface area contributed by atoms with E-state index in [0.29, 0.717) is 27.8 Å². The zero-order chi connectivity index (χ0) is 24.2. The lowest BCUT2D eigenvalue weighted by Crippen LogP contribution is -2.30. The monoisotopic (exact) mass is 487 g/mol. The molecule has 1 saturated heterocycles. The van der Waals surface area contributed by atoms with Crippen LogP contribution in [0.25, 0.3) is 0 Å². The first-order chi connectivity index (χ1) is 16.4. The third-order valence-electron chi connectivity index (χ3n) is 5.68. The molecule has 3 aromatic carbocycles. The van der Waals surface area contributed by atoms with Crippen LogP contribution in [-0.2, 0) is 16.0 Å². The molecule has 1 aliphatic rings. The van der Waals surface area contributed by atoms with Crippen molar-refractivity contribution in [1.29, 1.82) is 5.26 Å². The summed E-state index contributed by atoms with van der Waals surface area (Å²) < 4.78 is 0. The SMILES string of the molecule is Cc1cccc(NC(=O)/C(C#N)=C2/SC(Cc3cccc(Cl)c3)C(=O)N2c2ccccc2)c1C. The fourth-order valence-corrected chi connectivity index (χ4v) is 5.27. The van der Waals surface area contributed by atoms with Crippen LogP contribution >= 0.6 is 23.4 Å². The minimum Gasteiger partial charge on any atom is -0.321 e. The molecule has 5 nitrogen and oxygen atoms in total. The van der Waals surface area contributed by atoms with Crippen molar-refractivity contribution in [3.63, 3.8) is 0 Å². The Morgan fingerprint density at radius 1 is 1.09 bits per heavy atom. The highest BCUT2D eigenvalue weighted by atomic mass is 35.5. The highest BCUT2D eigenvalue weighted by Gasteiger charge is 2.40. The molecule has 1 fully saturated rings. The Hall–Kier alpha value is -3.53. The van der Waals surface area contributed by atoms with Gasteiger partial charge in [0.1, 0.15) is 16.7 Å². The van der Waals surface area contributed by atoms with Crippen LogP contribution in [0.3, 0.4) is 0 Å². The third-order valence-corrected chi connectivity index (χ3v) is 7.18. The molecule has 1 atom stereocenters. The lowest BCUT2D eigenvalue weighted by atomic mass is 10.1. The number of nitrogens with zero attached hydrogens (tertiary/aromatic N) is 2. The lowest BCUT2D eigenvalue weighted by Gasteiger charge is -2.19. The van der Waals surface area contributed by atoms with E-state index >= 15 is 0 Å². The van der Waals surface area contributed by atoms with E-state index in [0.717, 1.165) is 16.7 Å². The average molecular weight is 488 g/mol. The largest absolute Gasteiger partial charge is 0.321 e. The van der Waals surface area contributed by atoms with E-state index in [1.807, 2.05) is 68.4 Å². The molecular formula is C27H22ClN3O2S. The van der Waals surface area contributed by atoms with Gasteiger partial charge in [0.15, 0.2) is 0 Å². The number of nitriles is 1. The molecule has 0 saturated carbocycles. The van der Waals surface area contributed by atoms with Crippen molar-refractivity contribution >= 4 is 46.6 Å². The van der Waals surface area contributed by atoms with Gasteiger partial charge >= 0.3 is 0 Å². The number of anilines is 2. The number of rotatable bonds is 5. The maximum absolute atomic E-state index is 13.5. The normalized spacial score (nSPS) is 16.8. The smallest absolute Gasteiger partial charge is 0.269 e. The molecule has 0 radical (unpaired) electrons. The number of carbonyl (C=O) groups is 2. The van der Waals surface area contributed by atoms with Gasteiger partial charge in [0.05, 0.1) is 5.25 Å². The first kappa shape index (κ1) is 23.6. The minimum absolute atomic E-state index is 0.100. The lowest BCUT2D eigenvalue weighted by molar-refractivity contribution is -0.117. The molecule has 0 aliphatic carbocycles. The summed E-state index contributed by atoms with van der Waals surface area (Å²) in [7, 11) is 0. The number of amides is 2. The predicted molar refractivity (Wildman–Crippen MR) is 138 cm³/mol. The van der Waals surface area contributed by atoms with Crippen LogP contribution in [0, 0.1) is 25.2 Å². The third kappa shape index (κ3) is 4.86. The number of carbonyl (C=O) groups excluding carboxylic acids is 2. The van der Waals surface area contributed by atoms with E-state index in [2.05, 4.69) is 5.32 Å². The Bertz CT molecular complexity index is 1330. The Morgan fingerprint density at radius 3 is 2.53 bits per heavy atom. The van der Waals surface area contributed by atoms with E-state index in [1.54, 1.807) is 24.3 Å². The van der Waals surface area contributed by atoms with Gasteiger partial charge in [0.2, 0.25) is 5.91 Å². The van der Waals surface area contributed by atoms with Crippen molar-refractivity contribution in [3.8, 4) is 6.07 Å². The first-order valence-corrected chi connectivity index (χ1v) is 12.0. The number of thioether (sulfide) groups is 1. The fraction of sp³-hybridized carbons (Fsp3) is 0.148. The molecule has 0 aromatic heterocycles. The van der Waals surface area contributed by atoms with Gasteiger partial charge in [0.25, 0.3) is 5.91 Å². The number of benzene rings is 3. The van der Waals surface area contributed by atoms with Gasteiger partial charge in [-0.25, -0.2) is 0 Å². The van der Waals surface area contributed by atoms with Crippen LogP contribution in [0.2, 0.25) is 5.02 Å². The summed E-state index contributed by atoms with van der Waals surface area (Å²) in [6.45, 7) is 3.87. The zero-order valence-electron chi connectivity index (χ0n) is 18.7. The molecule has 170 valence electrons. The van der Waals surface area contributed by atoms with Crippen molar-refractivity contribution in [2.45, 2.75) is 25.5 Å². The van der Waals surface area contributed by atoms with Crippen molar-refractivity contribution < 1.29 is 9.59 Å². The Balaban J connectivity index is 1.73. The summed E-state index contributed by atoms with van der Waals surface area (Å²) in [6.07, 6.45) is 0.425. The topological polar surface area (TPSA) is 73.2 Å². The van der Waals surface area contributed by atoms with E-state index in [4.69, 9.17) is 11.6 Å². The molecule has 4 rings (SSSR count). The number of halogens is 1. The summed E-state index contributed by atoms with van der Waals surface area (Å²) in [4.78, 5) is 28.2. The van der Waals surface area contributed by atoms with Crippen molar-refractivity contribution in [3.05, 3.63) is 105 Å². The summed E-state index contributed by atoms with van der Waals surface area (Å²) in [5.41, 5.74) is 4.00. The Labute approximate surface area is 208 Å². The van der Waals surface area contributed by atoms with Crippen LogP contribution in [0.4, 0.5) is 11.4 Å². The summed E-state index contributed by atoms with van der Waals surface area (Å²) in [6, 6.07) is 24.1. The molecule has 7 heteroatoms. The highest BCUT2D eigenvalue weighted by molar-refractivity contribution is 8.05. The van der Waals surface area contributed by atoms with Crippen LogP contribution in [0.5, 0.6) is 0 Å². The number of aryl methyl sites for hydroxylation is 1. The summed E-state index contributed by atoms with van der Waals surface area (Å²) >= 11 is 7.36. The Morgan fingerprint density at radius 2 is 1.82 bits per heavy atom. The fourth-order valence-electron chi connectivity index (χ4n) is 3.75. The molecule has 0 spiro atoms. The molecule has 1 aliphatic heterocycles. The second-order valence-electron chi connectivity index (χ2n) is 7.94. The number of nitrogens with one attached hydrogen (secondary N) is 1. The van der Waals surface area contributed by atoms with Gasteiger partial charge in [-0.2, -0.15) is 5.26 Å². The van der Waals surface area contributed by atoms with Crippen LogP contribution in [0.15, 0.2) is 83.4 Å². The summed E-state index contributed by atoms with van der Waals surface area (Å²) in [5.74, 6) is -0.728. The van der Waals surface area contributed by atoms with Gasteiger partial charge in [-0.05, 0) is 67.3 Å². The number of hydrogen-bond donors (Lipinski definition) is 1. The first-order valence-electron chi connectivity index (χ1n) is 10.7. The molecule has 1 heterocycles. The molecular weight excluding hydrogens is 466 g/mol. The molecule has 2 amide bonds. The molecule has 1 unspecified atom stereocenters. The Kier molecular flexibility index (Phi) is 7.06. The second kappa shape index (κ2) is 10.2. The number of para-hydroxylation sites is 1. The zero-order valence-corrected chi connectivity index (χ0v) is 20.3. The molecule has 1 N–H and O–H groups in total. The predicted octanol–water partition coefficient (Wildman–Crippen LogP) is 6.02. The van der Waals surface area contributed by atoms with Gasteiger partial charge in [-0.15, -0.1) is 0 Å². The average Bonchev–Trinajstić information content (AvgIpc) is 3.13. The molecule has 34 heavy (non-hydrogen) atoms. The van der Waals surface area contributed by atoms with Crippen molar-refractivity contribution in [1.82, 2.24) is 0 Å². The maximum Gasteiger partial charge on any atom is 0.269 e. The van der Waals surface area contributed by atoms with Gasteiger partial charge in [-0.3, -0.25) is 14.5 Å². The van der Waals surface area contributed by atoms with Crippen molar-refractivity contribution in [2.75, 3.05) is 10.2 Å². The number of hydrogen-bond acceptors (Lipinski definition) is 4. The molecule has 3 aromatic rings. The standard InChI is InChI=1S/C27H22ClN3O2S/c1-17-8-6-13-23(18(17)2)30-25(32)22(16-29)27-31(21-11-4-3-5-12-21)26(33)24(34-27)15-19-9-7-10-20(28)14-19/h3-14,24H,15H2,1-2H3,(H,30,32)/b27-22+. The van der Waals surface area contributed by atoms with Gasteiger partial charge in [0, 0.05) is 16.4 Å². The minimum atomic E-state index is -0.546. The van der Waals surface area contributed by atoms with Crippen LogP contribution in [-0.4, -0.2) is 17.1 Å². The second-order valence-corrected chi connectivity index (χ2v) is 9.57. The van der Waals surface area contributed by atoms with Crippen molar-refractivity contribution in [2.24, 2.45) is 0 Å². The molecule has 0 bridgehead atoms. The van der Waals surface area contributed by atoms with E-state index in [9.17, 15) is 14.9 Å². The summed E-state index contributed by atoms with van der Waals surface area (Å²) in [5, 5.41) is 13.3. The van der Waals surface area contributed by atoms with Crippen LogP contribution < -0.4 is 10.2 Å². The van der Waals surface area contributed by atoms with Gasteiger partial charge < -0.3 is 5.32 Å². The highest BCUT2D eigenvalue weighted by Crippen LogP contribution is 2.42. The van der Waals surface area contributed by atoms with Gasteiger partial charge in [-0.1, -0.05) is 65.8 Å². The van der Waals surface area contributed by atoms with E-state index in [1.165, 1.54) is 16.7 Å². The quantitative estimate of drug-likeness (QED) is 0.352. The maximum atomic E-state index is 13.5. The van der Waals surface area contributed by atoms with Crippen LogP contribution in [0.1, 0.15) is 16.7 Å².